The number of aliphatic hydroxyl groups excluding tert-OH is 3. The molecule has 14 nitrogen and oxygen atoms in total. The molecule has 332 valence electrons. The number of Topliss-reactive ketones (excluding diaryl/α,β-unsaturated/α-hetero) is 1. The number of hydrogen-bond acceptors (Lipinski definition) is 13. The molecular weight excluding hydrogens is 750 g/mol. The van der Waals surface area contributed by atoms with Gasteiger partial charge in [-0.25, -0.2) is 9.59 Å². The Morgan fingerprint density at radius 1 is 0.897 bits per heavy atom. The number of ether oxygens (including phenoxy) is 5. The predicted octanol–water partition coefficient (Wildman–Crippen LogP) is 4.08. The quantitative estimate of drug-likeness (QED) is 0.163. The fourth-order valence-electron chi connectivity index (χ4n) is 9.26. The van der Waals surface area contributed by atoms with Crippen LogP contribution in [0.3, 0.4) is 0 Å². The molecular formula is C44H73NO13. The summed E-state index contributed by atoms with van der Waals surface area (Å²) >= 11 is 0. The molecule has 1 aliphatic carbocycles. The fraction of sp³-hybridized carbons (Fsp3) is 0.818. The topological polar surface area (TPSA) is 199 Å². The zero-order chi connectivity index (χ0) is 43.5. The number of methoxy groups -OCH3 is 4. The van der Waals surface area contributed by atoms with Crippen LogP contribution in [0, 0.1) is 29.6 Å². The van der Waals surface area contributed by atoms with E-state index in [1.54, 1.807) is 21.0 Å². The second-order valence-corrected chi connectivity index (χ2v) is 17.3. The van der Waals surface area contributed by atoms with Crippen LogP contribution in [0.15, 0.2) is 23.3 Å². The number of carbonyl (C=O) groups is 4. The zero-order valence-corrected chi connectivity index (χ0v) is 36.6. The van der Waals surface area contributed by atoms with E-state index in [9.17, 15) is 39.6 Å². The van der Waals surface area contributed by atoms with Gasteiger partial charge >= 0.3 is 11.9 Å². The number of carbonyl (C=O) groups excluding carboxylic acids is 4. The Labute approximate surface area is 345 Å². The Balaban J connectivity index is 2.15. The molecule has 4 N–H and O–H groups in total. The molecule has 1 amide bonds. The first-order valence-electron chi connectivity index (χ1n) is 21.2. The third-order valence-electron chi connectivity index (χ3n) is 13.0. The number of piperidine rings is 1. The molecule has 0 aromatic rings. The van der Waals surface area contributed by atoms with E-state index in [0.717, 1.165) is 12.7 Å². The lowest BCUT2D eigenvalue weighted by atomic mass is 9.80. The number of nitrogens with zero attached hydrogens (tertiary/aromatic N) is 1. The third kappa shape index (κ3) is 12.2. The highest BCUT2D eigenvalue weighted by Gasteiger charge is 2.55. The van der Waals surface area contributed by atoms with E-state index in [1.165, 1.54) is 26.0 Å². The molecule has 1 saturated carbocycles. The molecule has 2 aliphatic heterocycles. The lowest BCUT2D eigenvalue weighted by molar-refractivity contribution is -0.188. The van der Waals surface area contributed by atoms with E-state index in [-0.39, 0.29) is 49.5 Å². The largest absolute Gasteiger partial charge is 0.466 e. The molecule has 3 rings (SSSR count). The fourth-order valence-corrected chi connectivity index (χ4v) is 9.26. The highest BCUT2D eigenvalue weighted by Crippen LogP contribution is 2.35. The van der Waals surface area contributed by atoms with Crippen LogP contribution in [0.5, 0.6) is 0 Å². The van der Waals surface area contributed by atoms with Crippen molar-refractivity contribution >= 4 is 23.6 Å². The van der Waals surface area contributed by atoms with Crippen LogP contribution in [-0.2, 0) is 42.9 Å². The first kappa shape index (κ1) is 49.6. The maximum Gasteiger partial charge on any atom is 0.348 e. The monoisotopic (exact) mass is 824 g/mol. The van der Waals surface area contributed by atoms with Gasteiger partial charge in [-0.1, -0.05) is 45.4 Å². The van der Waals surface area contributed by atoms with Crippen LogP contribution in [-0.4, -0.2) is 138 Å². The molecule has 2 heterocycles. The summed E-state index contributed by atoms with van der Waals surface area (Å²) in [5.41, 5.74) is -1.15. The number of ketones is 1. The zero-order valence-electron chi connectivity index (χ0n) is 36.6. The average molecular weight is 824 g/mol. The summed E-state index contributed by atoms with van der Waals surface area (Å²) in [6, 6.07) is -1.19. The number of esters is 2. The minimum atomic E-state index is -2.76. The van der Waals surface area contributed by atoms with Crippen molar-refractivity contribution in [2.45, 2.75) is 167 Å². The lowest BCUT2D eigenvalue weighted by Gasteiger charge is -2.42. The van der Waals surface area contributed by atoms with E-state index in [1.807, 2.05) is 32.9 Å². The van der Waals surface area contributed by atoms with Crippen molar-refractivity contribution in [1.29, 1.82) is 0 Å². The van der Waals surface area contributed by atoms with Crippen molar-refractivity contribution in [3.63, 3.8) is 0 Å². The predicted molar refractivity (Wildman–Crippen MR) is 216 cm³/mol. The molecule has 0 spiro atoms. The van der Waals surface area contributed by atoms with E-state index in [4.69, 9.17) is 23.7 Å². The molecule has 0 radical (unpaired) electrons. The standard InChI is InChI=1S/C44H73NO13/c1-11-31-19-25(2)18-26(3)20-37(55-8)39(49)38(56-9)22-28(5)44(53,43(52)57-10)42(51)45-17-13-12-14-32(45)41(50)58-40(29(6)34(47)24-35(31)48)27(4)21-30-15-16-33(46)36(23-30)54-7/h19,21,26,28-34,36-40,46-47,49,53H,11-18,20,22-24H2,1-10H3/b25-19+,27-21+/t26-,28+,29-,30-,31+,32-,33+,34-,36+,37-,38-,39+,40+,44+/m0/s1. The van der Waals surface area contributed by atoms with E-state index in [2.05, 4.69) is 0 Å². The SMILES string of the molecule is CC[C@@H]1/C=C(\C)C[C@H](C)C[C@H](OC)[C@@H](O)[C@@H](OC)C[C@@H](C)[C@](O)(C(=O)OC)C(=O)N2CCCC[C@H]2C(=O)O[C@H](/C(C)=C/[C@@H]2CC[C@@H](O)[C@H](OC)C2)[C@@H](C)[C@@H](O)CC1=O. The van der Waals surface area contributed by atoms with E-state index < -0.39 is 83.9 Å². The Morgan fingerprint density at radius 3 is 2.14 bits per heavy atom. The average Bonchev–Trinajstić information content (AvgIpc) is 3.21. The summed E-state index contributed by atoms with van der Waals surface area (Å²) in [6.07, 6.45) is 2.03. The molecule has 58 heavy (non-hydrogen) atoms. The Morgan fingerprint density at radius 2 is 1.53 bits per heavy atom. The van der Waals surface area contributed by atoms with Crippen LogP contribution in [0.1, 0.15) is 112 Å². The van der Waals surface area contributed by atoms with Crippen molar-refractivity contribution in [2.75, 3.05) is 35.0 Å². The summed E-state index contributed by atoms with van der Waals surface area (Å²) in [6.45, 7) is 11.0. The van der Waals surface area contributed by atoms with Gasteiger partial charge in [0, 0.05) is 52.0 Å². The van der Waals surface area contributed by atoms with Gasteiger partial charge in [-0.2, -0.15) is 0 Å². The number of fused-ring (bicyclic) bond motifs is 1. The first-order valence-corrected chi connectivity index (χ1v) is 21.2. The van der Waals surface area contributed by atoms with Gasteiger partial charge in [0.1, 0.15) is 24.0 Å². The minimum Gasteiger partial charge on any atom is -0.466 e. The highest BCUT2D eigenvalue weighted by atomic mass is 16.6. The Kier molecular flexibility index (Phi) is 19.5. The molecule has 0 bridgehead atoms. The van der Waals surface area contributed by atoms with Crippen LogP contribution >= 0.6 is 0 Å². The maximum absolute atomic E-state index is 14.6. The van der Waals surface area contributed by atoms with Crippen LogP contribution < -0.4 is 0 Å². The van der Waals surface area contributed by atoms with Gasteiger partial charge in [-0.3, -0.25) is 9.59 Å². The van der Waals surface area contributed by atoms with Crippen LogP contribution in [0.4, 0.5) is 0 Å². The van der Waals surface area contributed by atoms with Crippen LogP contribution in [0.2, 0.25) is 0 Å². The number of aliphatic hydroxyl groups is 4. The van der Waals surface area contributed by atoms with Crippen LogP contribution in [0.25, 0.3) is 0 Å². The second-order valence-electron chi connectivity index (χ2n) is 17.3. The molecule has 0 unspecified atom stereocenters. The number of hydrogen-bond donors (Lipinski definition) is 4. The van der Waals surface area contributed by atoms with Gasteiger partial charge in [0.2, 0.25) is 5.60 Å². The van der Waals surface area contributed by atoms with Crippen molar-refractivity contribution in [3.8, 4) is 0 Å². The summed E-state index contributed by atoms with van der Waals surface area (Å²) in [5.74, 6) is -5.55. The summed E-state index contributed by atoms with van der Waals surface area (Å²) in [7, 11) is 5.49. The highest BCUT2D eigenvalue weighted by molar-refractivity contribution is 6.07. The number of allylic oxidation sites excluding steroid dienone is 3. The van der Waals surface area contributed by atoms with Gasteiger partial charge < -0.3 is 49.0 Å². The van der Waals surface area contributed by atoms with Gasteiger partial charge in [-0.15, -0.1) is 0 Å². The van der Waals surface area contributed by atoms with Crippen molar-refractivity contribution in [2.24, 2.45) is 29.6 Å². The van der Waals surface area contributed by atoms with Gasteiger partial charge in [0.05, 0.1) is 37.6 Å². The van der Waals surface area contributed by atoms with Crippen molar-refractivity contribution < 1.29 is 63.3 Å². The normalized spacial score (nSPS) is 39.7. The number of amides is 1. The molecule has 14 heteroatoms. The van der Waals surface area contributed by atoms with Gasteiger partial charge in [0.15, 0.2) is 0 Å². The van der Waals surface area contributed by atoms with Gasteiger partial charge in [-0.05, 0) is 95.5 Å². The first-order chi connectivity index (χ1) is 27.4. The van der Waals surface area contributed by atoms with E-state index >= 15 is 0 Å². The number of rotatable bonds is 7. The molecule has 14 atom stereocenters. The molecule has 0 aromatic heterocycles. The minimum absolute atomic E-state index is 0.00303. The molecule has 2 fully saturated rings. The maximum atomic E-state index is 14.6. The van der Waals surface area contributed by atoms with E-state index in [0.29, 0.717) is 56.9 Å². The second kappa shape index (κ2) is 22.8. The summed E-state index contributed by atoms with van der Waals surface area (Å²) < 4.78 is 28.2. The Hall–Kier alpha value is -2.72. The third-order valence-corrected chi connectivity index (χ3v) is 13.0. The van der Waals surface area contributed by atoms with Crippen molar-refractivity contribution in [3.05, 3.63) is 23.3 Å². The lowest BCUT2D eigenvalue weighted by Crippen LogP contribution is -2.63. The molecule has 3 aliphatic rings. The molecule has 0 aromatic carbocycles. The van der Waals surface area contributed by atoms with Gasteiger partial charge in [0.25, 0.3) is 5.91 Å². The molecule has 1 saturated heterocycles. The summed E-state index contributed by atoms with van der Waals surface area (Å²) in [5, 5.41) is 45.8. The number of cyclic esters (lactones) is 1. The summed E-state index contributed by atoms with van der Waals surface area (Å²) in [4.78, 5) is 57.4. The van der Waals surface area contributed by atoms with Crippen molar-refractivity contribution in [1.82, 2.24) is 4.90 Å². The smallest absolute Gasteiger partial charge is 0.348 e. The Bertz CT molecular complexity index is 1430.